The molecule has 4 heteroatoms. The van der Waals surface area contributed by atoms with Crippen LogP contribution in [0.3, 0.4) is 0 Å². The molecule has 84 valence electrons. The zero-order chi connectivity index (χ0) is 11.8. The number of hydrogen-bond acceptors (Lipinski definition) is 2. The summed E-state index contributed by atoms with van der Waals surface area (Å²) in [5, 5.41) is 3.77. The van der Waals surface area contributed by atoms with Gasteiger partial charge in [0.2, 0.25) is 0 Å². The fraction of sp³-hybridized carbons (Fsp3) is 0.0769. The molecular weight excluding hydrogens is 214 g/mol. The highest BCUT2D eigenvalue weighted by Crippen LogP contribution is 2.18. The number of aliphatic imine (C=N–C) groups is 1. The Labute approximate surface area is 98.1 Å². The largest absolute Gasteiger partial charge is 0.355 e. The summed E-state index contributed by atoms with van der Waals surface area (Å²) in [6.45, 7) is 1.77. The third-order valence-corrected chi connectivity index (χ3v) is 2.66. The molecule has 2 heterocycles. The molecule has 0 saturated carbocycles. The number of carbonyl (C=O) groups excluding carboxylic acids is 1. The van der Waals surface area contributed by atoms with Gasteiger partial charge in [-0.25, -0.2) is 4.99 Å². The minimum Gasteiger partial charge on any atom is -0.355 e. The number of hydrogen-bond donors (Lipinski definition) is 2. The van der Waals surface area contributed by atoms with Crippen LogP contribution in [-0.4, -0.2) is 16.7 Å². The average molecular weight is 225 g/mol. The quantitative estimate of drug-likeness (QED) is 0.717. The summed E-state index contributed by atoms with van der Waals surface area (Å²) in [5.74, 6) is 0.485. The molecule has 0 bridgehead atoms. The molecule has 1 aliphatic rings. The molecule has 0 spiro atoms. The van der Waals surface area contributed by atoms with Crippen molar-refractivity contribution in [3.8, 4) is 0 Å². The van der Waals surface area contributed by atoms with Crippen molar-refractivity contribution in [1.82, 2.24) is 10.3 Å². The summed E-state index contributed by atoms with van der Waals surface area (Å²) >= 11 is 0. The highest BCUT2D eigenvalue weighted by atomic mass is 16.2. The van der Waals surface area contributed by atoms with Crippen LogP contribution in [0.1, 0.15) is 12.6 Å². The molecule has 1 aliphatic heterocycles. The topological polar surface area (TPSA) is 57.2 Å². The third kappa shape index (κ3) is 1.73. The molecule has 2 aromatic rings. The van der Waals surface area contributed by atoms with Crippen LogP contribution >= 0.6 is 0 Å². The van der Waals surface area contributed by atoms with Crippen molar-refractivity contribution in [3.63, 3.8) is 0 Å². The summed E-state index contributed by atoms with van der Waals surface area (Å²) in [6.07, 6.45) is 1.76. The van der Waals surface area contributed by atoms with Crippen LogP contribution in [-0.2, 0) is 4.79 Å². The molecule has 0 aliphatic carbocycles. The lowest BCUT2D eigenvalue weighted by molar-refractivity contribution is -0.115. The van der Waals surface area contributed by atoms with Gasteiger partial charge in [0.05, 0.1) is 0 Å². The van der Waals surface area contributed by atoms with Crippen molar-refractivity contribution in [2.45, 2.75) is 6.92 Å². The molecule has 17 heavy (non-hydrogen) atoms. The third-order valence-electron chi connectivity index (χ3n) is 2.66. The molecule has 2 N–H and O–H groups in total. The first-order chi connectivity index (χ1) is 8.22. The number of rotatable bonds is 1. The van der Waals surface area contributed by atoms with Crippen LogP contribution < -0.4 is 5.32 Å². The number of nitrogens with one attached hydrogen (secondary N) is 2. The first-order valence-corrected chi connectivity index (χ1v) is 5.38. The zero-order valence-electron chi connectivity index (χ0n) is 9.32. The Bertz CT molecular complexity index is 631. The molecule has 0 atom stereocenters. The highest BCUT2D eigenvalue weighted by Gasteiger charge is 2.16. The first kappa shape index (κ1) is 9.84. The Morgan fingerprint density at radius 2 is 2.12 bits per heavy atom. The number of aromatic nitrogens is 1. The normalized spacial score (nSPS) is 17.6. The highest BCUT2D eigenvalue weighted by molar-refractivity contribution is 6.13. The Kier molecular flexibility index (Phi) is 2.08. The smallest absolute Gasteiger partial charge is 0.275 e. The van der Waals surface area contributed by atoms with Gasteiger partial charge in [-0.2, -0.15) is 0 Å². The van der Waals surface area contributed by atoms with Gasteiger partial charge in [-0.15, -0.1) is 0 Å². The standard InChI is InChI=1S/C13H11N3O/c1-8-14-12(13(17)15-8)7-10-6-9-4-2-3-5-11(9)16-10/h2-7,16H,1H3,(H,14,15,17)/b12-7-. The van der Waals surface area contributed by atoms with Crippen molar-refractivity contribution >= 4 is 28.7 Å². The molecule has 1 aromatic heterocycles. The average Bonchev–Trinajstić information content (AvgIpc) is 2.82. The first-order valence-electron chi connectivity index (χ1n) is 5.38. The molecular formula is C13H11N3O. The SMILES string of the molecule is CC1=N/C(=C\c2cc3ccccc3[nH]2)C(=O)N1. The fourth-order valence-electron chi connectivity index (χ4n) is 1.91. The van der Waals surface area contributed by atoms with Crippen molar-refractivity contribution < 1.29 is 4.79 Å². The second-order valence-electron chi connectivity index (χ2n) is 3.99. The van der Waals surface area contributed by atoms with Crippen LogP contribution in [0.25, 0.3) is 17.0 Å². The van der Waals surface area contributed by atoms with Gasteiger partial charge in [0, 0.05) is 11.2 Å². The van der Waals surface area contributed by atoms with E-state index in [1.165, 1.54) is 0 Å². The molecule has 0 unspecified atom stereocenters. The number of aromatic amines is 1. The molecule has 1 amide bonds. The van der Waals surface area contributed by atoms with Crippen molar-refractivity contribution in [2.24, 2.45) is 4.99 Å². The van der Waals surface area contributed by atoms with E-state index < -0.39 is 0 Å². The minimum absolute atomic E-state index is 0.152. The van der Waals surface area contributed by atoms with Gasteiger partial charge in [-0.3, -0.25) is 4.79 Å². The zero-order valence-corrected chi connectivity index (χ0v) is 9.32. The number of nitrogens with zero attached hydrogens (tertiary/aromatic N) is 1. The van der Waals surface area contributed by atoms with E-state index in [9.17, 15) is 4.79 Å². The second-order valence-corrected chi connectivity index (χ2v) is 3.99. The predicted octanol–water partition coefficient (Wildman–Crippen LogP) is 2.06. The summed E-state index contributed by atoms with van der Waals surface area (Å²) in [4.78, 5) is 18.9. The lowest BCUT2D eigenvalue weighted by atomic mass is 10.2. The second kappa shape index (κ2) is 3.59. The Hall–Kier alpha value is -2.36. The number of amides is 1. The Morgan fingerprint density at radius 1 is 1.29 bits per heavy atom. The van der Waals surface area contributed by atoms with Gasteiger partial charge in [-0.05, 0) is 30.5 Å². The van der Waals surface area contributed by atoms with Gasteiger partial charge in [0.1, 0.15) is 11.5 Å². The summed E-state index contributed by atoms with van der Waals surface area (Å²) in [7, 11) is 0. The number of carbonyl (C=O) groups is 1. The van der Waals surface area contributed by atoms with Gasteiger partial charge in [-0.1, -0.05) is 18.2 Å². The number of H-pyrrole nitrogens is 1. The number of amidine groups is 1. The van der Waals surface area contributed by atoms with E-state index in [0.717, 1.165) is 16.6 Å². The summed E-state index contributed by atoms with van der Waals surface area (Å²) in [5.41, 5.74) is 2.38. The maximum Gasteiger partial charge on any atom is 0.275 e. The van der Waals surface area contributed by atoms with Crippen LogP contribution in [0.15, 0.2) is 41.0 Å². The van der Waals surface area contributed by atoms with Gasteiger partial charge in [0.15, 0.2) is 0 Å². The monoisotopic (exact) mass is 225 g/mol. The summed E-state index contributed by atoms with van der Waals surface area (Å²) in [6, 6.07) is 9.98. The molecule has 0 fully saturated rings. The minimum atomic E-state index is -0.152. The van der Waals surface area contributed by atoms with Crippen molar-refractivity contribution in [3.05, 3.63) is 41.7 Å². The lowest BCUT2D eigenvalue weighted by Crippen LogP contribution is -2.21. The van der Waals surface area contributed by atoms with Crippen LogP contribution in [0.4, 0.5) is 0 Å². The van der Waals surface area contributed by atoms with Crippen molar-refractivity contribution in [2.75, 3.05) is 0 Å². The maximum atomic E-state index is 11.5. The fourth-order valence-corrected chi connectivity index (χ4v) is 1.91. The maximum absolute atomic E-state index is 11.5. The van der Waals surface area contributed by atoms with E-state index in [1.54, 1.807) is 13.0 Å². The number of fused-ring (bicyclic) bond motifs is 1. The van der Waals surface area contributed by atoms with Crippen LogP contribution in [0.2, 0.25) is 0 Å². The van der Waals surface area contributed by atoms with Crippen molar-refractivity contribution in [1.29, 1.82) is 0 Å². The molecule has 4 nitrogen and oxygen atoms in total. The van der Waals surface area contributed by atoms with E-state index >= 15 is 0 Å². The van der Waals surface area contributed by atoms with E-state index in [0.29, 0.717) is 11.5 Å². The summed E-state index contributed by atoms with van der Waals surface area (Å²) < 4.78 is 0. The van der Waals surface area contributed by atoms with Crippen LogP contribution in [0.5, 0.6) is 0 Å². The Morgan fingerprint density at radius 3 is 2.82 bits per heavy atom. The predicted molar refractivity (Wildman–Crippen MR) is 67.5 cm³/mol. The van der Waals surface area contributed by atoms with E-state index in [2.05, 4.69) is 15.3 Å². The number of para-hydroxylation sites is 1. The van der Waals surface area contributed by atoms with E-state index in [-0.39, 0.29) is 5.91 Å². The number of benzene rings is 1. The molecule has 0 radical (unpaired) electrons. The van der Waals surface area contributed by atoms with Gasteiger partial charge >= 0.3 is 0 Å². The van der Waals surface area contributed by atoms with E-state index in [1.807, 2.05) is 30.3 Å². The lowest BCUT2D eigenvalue weighted by Gasteiger charge is -1.90. The Balaban J connectivity index is 2.05. The molecule has 1 aromatic carbocycles. The van der Waals surface area contributed by atoms with Gasteiger partial charge in [0.25, 0.3) is 5.91 Å². The van der Waals surface area contributed by atoms with Crippen LogP contribution in [0, 0.1) is 0 Å². The molecule has 3 rings (SSSR count). The van der Waals surface area contributed by atoms with E-state index in [4.69, 9.17) is 0 Å². The van der Waals surface area contributed by atoms with Gasteiger partial charge < -0.3 is 10.3 Å². The molecule has 0 saturated heterocycles.